The Morgan fingerprint density at radius 3 is 2.42 bits per heavy atom. The normalized spacial score (nSPS) is 10.6. The number of anilines is 1. The molecule has 0 atom stereocenters. The van der Waals surface area contributed by atoms with E-state index >= 15 is 0 Å². The average molecular weight is 351 g/mol. The first kappa shape index (κ1) is 17.5. The fourth-order valence-corrected chi connectivity index (χ4v) is 2.86. The first-order valence-corrected chi connectivity index (χ1v) is 8.24. The molecule has 26 heavy (non-hydrogen) atoms. The standard InChI is InChI=1S/C20H21N3O3/c1-13-10-11-15(12-17(13)26-4)19(24)21-18-14(2)22(3)23(20(18)25)16-8-6-5-7-9-16/h5-12H,1-4H3,(H,21,24). The van der Waals surface area contributed by atoms with Crippen molar-refractivity contribution in [3.63, 3.8) is 0 Å². The highest BCUT2D eigenvalue weighted by atomic mass is 16.5. The summed E-state index contributed by atoms with van der Waals surface area (Å²) in [5.74, 6) is 0.276. The summed E-state index contributed by atoms with van der Waals surface area (Å²) in [6.07, 6.45) is 0. The zero-order valence-corrected chi connectivity index (χ0v) is 15.2. The largest absolute Gasteiger partial charge is 0.496 e. The van der Waals surface area contributed by atoms with E-state index in [4.69, 9.17) is 4.74 Å². The van der Waals surface area contributed by atoms with Crippen LogP contribution in [0.3, 0.4) is 0 Å². The van der Waals surface area contributed by atoms with Gasteiger partial charge in [-0.3, -0.25) is 14.3 Å². The van der Waals surface area contributed by atoms with Gasteiger partial charge in [-0.05, 0) is 43.7 Å². The van der Waals surface area contributed by atoms with E-state index in [9.17, 15) is 9.59 Å². The van der Waals surface area contributed by atoms with Gasteiger partial charge in [0.15, 0.2) is 0 Å². The number of nitrogens with one attached hydrogen (secondary N) is 1. The molecule has 2 aromatic carbocycles. The number of hydrogen-bond donors (Lipinski definition) is 1. The summed E-state index contributed by atoms with van der Waals surface area (Å²) in [7, 11) is 3.35. The quantitative estimate of drug-likeness (QED) is 0.786. The molecule has 134 valence electrons. The molecule has 1 aromatic heterocycles. The third-order valence-electron chi connectivity index (χ3n) is 4.46. The number of aryl methyl sites for hydroxylation is 1. The van der Waals surface area contributed by atoms with E-state index in [0.29, 0.717) is 17.0 Å². The van der Waals surface area contributed by atoms with Crippen molar-refractivity contribution in [3.05, 3.63) is 75.7 Å². The van der Waals surface area contributed by atoms with Crippen LogP contribution in [0.25, 0.3) is 5.69 Å². The van der Waals surface area contributed by atoms with Crippen LogP contribution >= 0.6 is 0 Å². The lowest BCUT2D eigenvalue weighted by atomic mass is 10.1. The molecule has 0 unspecified atom stereocenters. The summed E-state index contributed by atoms with van der Waals surface area (Å²) >= 11 is 0. The number of amides is 1. The second kappa shape index (κ2) is 6.92. The SMILES string of the molecule is COc1cc(C(=O)Nc2c(C)n(C)n(-c3ccccc3)c2=O)ccc1C. The molecule has 0 aliphatic heterocycles. The highest BCUT2D eigenvalue weighted by molar-refractivity contribution is 6.04. The Balaban J connectivity index is 1.99. The molecule has 0 bridgehead atoms. The van der Waals surface area contributed by atoms with Crippen molar-refractivity contribution in [3.8, 4) is 11.4 Å². The van der Waals surface area contributed by atoms with Crippen LogP contribution in [0, 0.1) is 13.8 Å². The Morgan fingerprint density at radius 1 is 1.08 bits per heavy atom. The van der Waals surface area contributed by atoms with Crippen LogP contribution in [0.2, 0.25) is 0 Å². The summed E-state index contributed by atoms with van der Waals surface area (Å²) in [6, 6.07) is 14.5. The van der Waals surface area contributed by atoms with Gasteiger partial charge in [0, 0.05) is 12.6 Å². The van der Waals surface area contributed by atoms with Gasteiger partial charge < -0.3 is 10.1 Å². The number of benzene rings is 2. The summed E-state index contributed by atoms with van der Waals surface area (Å²) in [5, 5.41) is 2.75. The molecule has 1 heterocycles. The van der Waals surface area contributed by atoms with E-state index in [1.807, 2.05) is 43.3 Å². The zero-order valence-electron chi connectivity index (χ0n) is 15.2. The molecule has 1 N–H and O–H groups in total. The molecule has 0 aliphatic rings. The van der Waals surface area contributed by atoms with Gasteiger partial charge >= 0.3 is 0 Å². The van der Waals surface area contributed by atoms with Crippen LogP contribution in [-0.2, 0) is 7.05 Å². The highest BCUT2D eigenvalue weighted by Gasteiger charge is 2.19. The lowest BCUT2D eigenvalue weighted by molar-refractivity contribution is 0.102. The van der Waals surface area contributed by atoms with E-state index < -0.39 is 0 Å². The smallest absolute Gasteiger partial charge is 0.295 e. The van der Waals surface area contributed by atoms with Crippen molar-refractivity contribution in [2.75, 3.05) is 12.4 Å². The Kier molecular flexibility index (Phi) is 4.67. The molecule has 0 aliphatic carbocycles. The van der Waals surface area contributed by atoms with Crippen LogP contribution in [0.5, 0.6) is 5.75 Å². The van der Waals surface area contributed by atoms with Crippen molar-refractivity contribution < 1.29 is 9.53 Å². The number of hydrogen-bond acceptors (Lipinski definition) is 3. The molecule has 1 amide bonds. The molecule has 0 saturated heterocycles. The van der Waals surface area contributed by atoms with Gasteiger partial charge in [0.05, 0.1) is 18.5 Å². The minimum atomic E-state index is -0.352. The Labute approximate surface area is 151 Å². The van der Waals surface area contributed by atoms with Crippen molar-refractivity contribution >= 4 is 11.6 Å². The maximum atomic E-state index is 12.9. The van der Waals surface area contributed by atoms with Gasteiger partial charge in [0.2, 0.25) is 0 Å². The minimum Gasteiger partial charge on any atom is -0.496 e. The first-order valence-electron chi connectivity index (χ1n) is 8.24. The number of nitrogens with zero attached hydrogens (tertiary/aromatic N) is 2. The van der Waals surface area contributed by atoms with E-state index in [2.05, 4.69) is 5.32 Å². The topological polar surface area (TPSA) is 65.3 Å². The molecule has 6 heteroatoms. The van der Waals surface area contributed by atoms with Crippen molar-refractivity contribution in [1.29, 1.82) is 0 Å². The minimum absolute atomic E-state index is 0.265. The molecule has 3 aromatic rings. The van der Waals surface area contributed by atoms with Crippen molar-refractivity contribution in [2.45, 2.75) is 13.8 Å². The number of carbonyl (C=O) groups is 1. The highest BCUT2D eigenvalue weighted by Crippen LogP contribution is 2.20. The lowest BCUT2D eigenvalue weighted by Crippen LogP contribution is -2.23. The molecular weight excluding hydrogens is 330 g/mol. The Hall–Kier alpha value is -3.28. The van der Waals surface area contributed by atoms with E-state index in [1.165, 1.54) is 4.68 Å². The molecular formula is C20H21N3O3. The average Bonchev–Trinajstić information content (AvgIpc) is 2.86. The fraction of sp³-hybridized carbons (Fsp3) is 0.200. The number of carbonyl (C=O) groups excluding carboxylic acids is 1. The molecule has 0 radical (unpaired) electrons. The van der Waals surface area contributed by atoms with Gasteiger partial charge in [0.25, 0.3) is 11.5 Å². The van der Waals surface area contributed by atoms with Crippen LogP contribution < -0.4 is 15.6 Å². The predicted octanol–water partition coefficient (Wildman–Crippen LogP) is 3.05. The van der Waals surface area contributed by atoms with E-state index in [0.717, 1.165) is 11.3 Å². The Morgan fingerprint density at radius 2 is 1.77 bits per heavy atom. The Bertz CT molecular complexity index is 1020. The number of methoxy groups -OCH3 is 1. The third-order valence-corrected chi connectivity index (χ3v) is 4.46. The molecule has 0 spiro atoms. The van der Waals surface area contributed by atoms with Crippen molar-refractivity contribution in [2.24, 2.45) is 7.05 Å². The van der Waals surface area contributed by atoms with Crippen LogP contribution in [0.4, 0.5) is 5.69 Å². The third kappa shape index (κ3) is 3.01. The second-order valence-electron chi connectivity index (χ2n) is 6.08. The maximum absolute atomic E-state index is 12.9. The summed E-state index contributed by atoms with van der Waals surface area (Å²) < 4.78 is 8.52. The van der Waals surface area contributed by atoms with Gasteiger partial charge in [-0.2, -0.15) is 0 Å². The number of rotatable bonds is 4. The molecule has 6 nitrogen and oxygen atoms in total. The first-order chi connectivity index (χ1) is 12.4. The monoisotopic (exact) mass is 351 g/mol. The summed E-state index contributed by atoms with van der Waals surface area (Å²) in [5.41, 5.74) is 2.77. The lowest BCUT2D eigenvalue weighted by Gasteiger charge is -2.08. The van der Waals surface area contributed by atoms with Crippen LogP contribution in [-0.4, -0.2) is 22.4 Å². The molecule has 3 rings (SSSR count). The van der Waals surface area contributed by atoms with E-state index in [1.54, 1.807) is 37.9 Å². The second-order valence-corrected chi connectivity index (χ2v) is 6.08. The zero-order chi connectivity index (χ0) is 18.8. The van der Waals surface area contributed by atoms with Crippen molar-refractivity contribution in [1.82, 2.24) is 9.36 Å². The predicted molar refractivity (Wildman–Crippen MR) is 101 cm³/mol. The summed E-state index contributed by atoms with van der Waals surface area (Å²) in [6.45, 7) is 3.70. The van der Waals surface area contributed by atoms with Crippen LogP contribution in [0.1, 0.15) is 21.6 Å². The summed E-state index contributed by atoms with van der Waals surface area (Å²) in [4.78, 5) is 25.5. The van der Waals surface area contributed by atoms with Gasteiger partial charge in [-0.15, -0.1) is 0 Å². The fourth-order valence-electron chi connectivity index (χ4n) is 2.86. The maximum Gasteiger partial charge on any atom is 0.295 e. The number of aromatic nitrogens is 2. The van der Waals surface area contributed by atoms with Gasteiger partial charge in [0.1, 0.15) is 11.4 Å². The van der Waals surface area contributed by atoms with Gasteiger partial charge in [-0.1, -0.05) is 24.3 Å². The number of para-hydroxylation sites is 1. The number of ether oxygens (including phenoxy) is 1. The van der Waals surface area contributed by atoms with Crippen LogP contribution in [0.15, 0.2) is 53.3 Å². The molecule has 0 saturated carbocycles. The molecule has 0 fully saturated rings. The van der Waals surface area contributed by atoms with E-state index in [-0.39, 0.29) is 17.2 Å². The van der Waals surface area contributed by atoms with Gasteiger partial charge in [-0.25, -0.2) is 4.68 Å².